The fourth-order valence-electron chi connectivity index (χ4n) is 2.84. The van der Waals surface area contributed by atoms with Gasteiger partial charge in [0.05, 0.1) is 4.90 Å². The lowest BCUT2D eigenvalue weighted by Gasteiger charge is -2.17. The van der Waals surface area contributed by atoms with Gasteiger partial charge in [0.25, 0.3) is 0 Å². The minimum absolute atomic E-state index is 0.118. The van der Waals surface area contributed by atoms with Crippen molar-refractivity contribution in [1.29, 1.82) is 0 Å². The molecule has 7 heteroatoms. The Morgan fingerprint density at radius 2 is 1.57 bits per heavy atom. The molecule has 0 aliphatic heterocycles. The molecule has 0 atom stereocenters. The number of rotatable bonds is 8. The number of nitrogens with one attached hydrogen (secondary N) is 1. The summed E-state index contributed by atoms with van der Waals surface area (Å²) in [6.07, 6.45) is 0.620. The van der Waals surface area contributed by atoms with Crippen LogP contribution in [-0.4, -0.2) is 38.0 Å². The van der Waals surface area contributed by atoms with Gasteiger partial charge in [-0.1, -0.05) is 30.3 Å². The fraction of sp³-hybridized carbons (Fsp3) is 0.333. The van der Waals surface area contributed by atoms with Gasteiger partial charge in [0.1, 0.15) is 0 Å². The Morgan fingerprint density at radius 1 is 1.00 bits per heavy atom. The predicted octanol–water partition coefficient (Wildman–Crippen LogP) is 3.55. The molecule has 0 heterocycles. The third-order valence-electron chi connectivity index (χ3n) is 4.59. The molecule has 0 bridgehead atoms. The van der Waals surface area contributed by atoms with E-state index < -0.39 is 10.0 Å². The Morgan fingerprint density at radius 3 is 2.11 bits per heavy atom. The smallest absolute Gasteiger partial charge is 0.242 e. The van der Waals surface area contributed by atoms with Crippen LogP contribution in [0, 0.1) is 13.8 Å². The molecule has 0 fully saturated rings. The third kappa shape index (κ3) is 5.27. The minimum atomic E-state index is -3.66. The van der Waals surface area contributed by atoms with Crippen LogP contribution >= 0.6 is 0 Å². The average molecular weight is 403 g/mol. The van der Waals surface area contributed by atoms with E-state index in [-0.39, 0.29) is 29.6 Å². The Bertz CT molecular complexity index is 946. The van der Waals surface area contributed by atoms with Crippen LogP contribution in [0.1, 0.15) is 41.3 Å². The third-order valence-corrected chi connectivity index (χ3v) is 6.46. The SMILES string of the molecule is CC(=O)c1ccc(S(=O)(=O)N(C)CCCC(=O)Nc2c(C)cccc2C)cc1. The Hall–Kier alpha value is -2.51. The van der Waals surface area contributed by atoms with Crippen LogP contribution in [-0.2, 0) is 14.8 Å². The van der Waals surface area contributed by atoms with Gasteiger partial charge in [-0.2, -0.15) is 0 Å². The van der Waals surface area contributed by atoms with Gasteiger partial charge in [0.15, 0.2) is 5.78 Å². The van der Waals surface area contributed by atoms with Crippen molar-refractivity contribution in [2.24, 2.45) is 0 Å². The van der Waals surface area contributed by atoms with Crippen molar-refractivity contribution in [1.82, 2.24) is 4.31 Å². The molecule has 6 nitrogen and oxygen atoms in total. The van der Waals surface area contributed by atoms with Gasteiger partial charge in [-0.3, -0.25) is 9.59 Å². The molecular weight excluding hydrogens is 376 g/mol. The van der Waals surface area contributed by atoms with Crippen molar-refractivity contribution in [3.05, 3.63) is 59.2 Å². The molecule has 0 unspecified atom stereocenters. The number of nitrogens with zero attached hydrogens (tertiary/aromatic N) is 1. The highest BCUT2D eigenvalue weighted by Gasteiger charge is 2.21. The van der Waals surface area contributed by atoms with Crippen molar-refractivity contribution in [2.75, 3.05) is 18.9 Å². The number of ketones is 1. The molecule has 0 aliphatic rings. The zero-order valence-electron chi connectivity index (χ0n) is 16.7. The lowest BCUT2D eigenvalue weighted by Crippen LogP contribution is -2.28. The molecule has 0 spiro atoms. The molecule has 1 N–H and O–H groups in total. The molecule has 0 aliphatic carbocycles. The second-order valence-corrected chi connectivity index (χ2v) is 8.87. The summed E-state index contributed by atoms with van der Waals surface area (Å²) in [6.45, 7) is 5.51. The normalized spacial score (nSPS) is 11.5. The standard InChI is InChI=1S/C21H26N2O4S/c1-15-7-5-8-16(2)21(15)22-20(25)9-6-14-23(4)28(26,27)19-12-10-18(11-13-19)17(3)24/h5,7-8,10-13H,6,9,14H2,1-4H3,(H,22,25). The van der Waals surface area contributed by atoms with Crippen molar-refractivity contribution in [3.63, 3.8) is 0 Å². The van der Waals surface area contributed by atoms with E-state index in [1.807, 2.05) is 32.0 Å². The van der Waals surface area contributed by atoms with Crippen LogP contribution < -0.4 is 5.32 Å². The molecular formula is C21H26N2O4S. The summed E-state index contributed by atoms with van der Waals surface area (Å²) in [4.78, 5) is 23.7. The number of para-hydroxylation sites is 1. The number of aryl methyl sites for hydroxylation is 2. The van der Waals surface area contributed by atoms with E-state index in [4.69, 9.17) is 0 Å². The topological polar surface area (TPSA) is 83.6 Å². The van der Waals surface area contributed by atoms with Crippen LogP contribution in [0.5, 0.6) is 0 Å². The van der Waals surface area contributed by atoms with E-state index in [2.05, 4.69) is 5.32 Å². The summed E-state index contributed by atoms with van der Waals surface area (Å²) in [5.41, 5.74) is 3.24. The maximum atomic E-state index is 12.6. The number of hydrogen-bond acceptors (Lipinski definition) is 4. The van der Waals surface area contributed by atoms with Gasteiger partial charge in [0, 0.05) is 31.3 Å². The summed E-state index contributed by atoms with van der Waals surface area (Å²) in [5.74, 6) is -0.263. The molecule has 1 amide bonds. The van der Waals surface area contributed by atoms with E-state index in [0.717, 1.165) is 16.8 Å². The first-order chi connectivity index (χ1) is 13.1. The Balaban J connectivity index is 1.93. The maximum Gasteiger partial charge on any atom is 0.242 e. The molecule has 2 rings (SSSR count). The summed E-state index contributed by atoms with van der Waals surface area (Å²) < 4.78 is 26.4. The second-order valence-electron chi connectivity index (χ2n) is 6.83. The van der Waals surface area contributed by atoms with E-state index in [1.165, 1.54) is 42.5 Å². The molecule has 0 saturated heterocycles. The molecule has 2 aromatic carbocycles. The number of Topliss-reactive ketones (excluding diaryl/α,β-unsaturated/α-hetero) is 1. The lowest BCUT2D eigenvalue weighted by molar-refractivity contribution is -0.116. The summed E-state index contributed by atoms with van der Waals surface area (Å²) in [5, 5.41) is 2.90. The van der Waals surface area contributed by atoms with Gasteiger partial charge in [-0.15, -0.1) is 0 Å². The Kier molecular flexibility index (Phi) is 7.10. The maximum absolute atomic E-state index is 12.6. The van der Waals surface area contributed by atoms with Crippen LogP contribution in [0.2, 0.25) is 0 Å². The first-order valence-electron chi connectivity index (χ1n) is 9.06. The van der Waals surface area contributed by atoms with Gasteiger partial charge in [0.2, 0.25) is 15.9 Å². The molecule has 28 heavy (non-hydrogen) atoms. The number of carbonyl (C=O) groups excluding carboxylic acids is 2. The number of carbonyl (C=O) groups is 2. The summed E-state index contributed by atoms with van der Waals surface area (Å²) >= 11 is 0. The molecule has 0 radical (unpaired) electrons. The van der Waals surface area contributed by atoms with Crippen molar-refractivity contribution in [3.8, 4) is 0 Å². The van der Waals surface area contributed by atoms with E-state index in [1.54, 1.807) is 0 Å². The number of amides is 1. The van der Waals surface area contributed by atoms with Crippen LogP contribution in [0.25, 0.3) is 0 Å². The van der Waals surface area contributed by atoms with E-state index >= 15 is 0 Å². The minimum Gasteiger partial charge on any atom is -0.326 e. The molecule has 0 saturated carbocycles. The number of hydrogen-bond donors (Lipinski definition) is 1. The molecule has 0 aromatic heterocycles. The van der Waals surface area contributed by atoms with E-state index in [9.17, 15) is 18.0 Å². The highest BCUT2D eigenvalue weighted by molar-refractivity contribution is 7.89. The number of benzene rings is 2. The number of sulfonamides is 1. The lowest BCUT2D eigenvalue weighted by atomic mass is 10.1. The zero-order chi connectivity index (χ0) is 20.9. The average Bonchev–Trinajstić information content (AvgIpc) is 2.64. The first-order valence-corrected chi connectivity index (χ1v) is 10.5. The largest absolute Gasteiger partial charge is 0.326 e. The van der Waals surface area contributed by atoms with Crippen LogP contribution in [0.4, 0.5) is 5.69 Å². The van der Waals surface area contributed by atoms with Crippen molar-refractivity contribution >= 4 is 27.4 Å². The van der Waals surface area contributed by atoms with Crippen molar-refractivity contribution < 1.29 is 18.0 Å². The van der Waals surface area contributed by atoms with Crippen LogP contribution in [0.15, 0.2) is 47.4 Å². The first kappa shape index (κ1) is 21.8. The second kappa shape index (κ2) is 9.12. The monoisotopic (exact) mass is 402 g/mol. The predicted molar refractivity (Wildman–Crippen MR) is 110 cm³/mol. The highest BCUT2D eigenvalue weighted by Crippen LogP contribution is 2.20. The zero-order valence-corrected chi connectivity index (χ0v) is 17.5. The Labute approximate surface area is 166 Å². The summed E-state index contributed by atoms with van der Waals surface area (Å²) in [6, 6.07) is 11.7. The summed E-state index contributed by atoms with van der Waals surface area (Å²) in [7, 11) is -2.18. The van der Waals surface area contributed by atoms with Gasteiger partial charge in [-0.25, -0.2) is 12.7 Å². The van der Waals surface area contributed by atoms with Gasteiger partial charge < -0.3 is 5.32 Å². The van der Waals surface area contributed by atoms with Crippen LogP contribution in [0.3, 0.4) is 0 Å². The molecule has 150 valence electrons. The quantitative estimate of drug-likeness (QED) is 0.685. The fourth-order valence-corrected chi connectivity index (χ4v) is 4.05. The molecule has 2 aromatic rings. The van der Waals surface area contributed by atoms with Crippen molar-refractivity contribution in [2.45, 2.75) is 38.5 Å². The van der Waals surface area contributed by atoms with Gasteiger partial charge in [-0.05, 0) is 50.5 Å². The van der Waals surface area contributed by atoms with Gasteiger partial charge >= 0.3 is 0 Å². The highest BCUT2D eigenvalue weighted by atomic mass is 32.2. The van der Waals surface area contributed by atoms with E-state index in [0.29, 0.717) is 12.0 Å². The number of anilines is 1.